The summed E-state index contributed by atoms with van der Waals surface area (Å²) in [6.07, 6.45) is -0.581. The minimum absolute atomic E-state index is 0.185. The van der Waals surface area contributed by atoms with Gasteiger partial charge in [-0.15, -0.1) is 0 Å². The van der Waals surface area contributed by atoms with E-state index in [0.717, 1.165) is 28.3 Å². The molecule has 23 heavy (non-hydrogen) atoms. The largest absolute Gasteiger partial charge is 0.494 e. The minimum atomic E-state index is -0.581. The summed E-state index contributed by atoms with van der Waals surface area (Å²) in [6.45, 7) is 8.30. The molecule has 0 aliphatic rings. The van der Waals surface area contributed by atoms with Gasteiger partial charge in [0.15, 0.2) is 6.10 Å². The Labute approximate surface area is 137 Å². The molecular formula is C19H23NO3. The highest BCUT2D eigenvalue weighted by atomic mass is 16.5. The van der Waals surface area contributed by atoms with E-state index in [4.69, 9.17) is 9.47 Å². The molecule has 2 aromatic carbocycles. The van der Waals surface area contributed by atoms with Gasteiger partial charge in [0.05, 0.1) is 6.61 Å². The number of hydrogen-bond donors (Lipinski definition) is 1. The van der Waals surface area contributed by atoms with Gasteiger partial charge in [-0.2, -0.15) is 0 Å². The van der Waals surface area contributed by atoms with Gasteiger partial charge < -0.3 is 14.8 Å². The molecule has 2 rings (SSSR count). The van der Waals surface area contributed by atoms with Crippen molar-refractivity contribution in [1.29, 1.82) is 0 Å². The lowest BCUT2D eigenvalue weighted by molar-refractivity contribution is -0.122. The highest BCUT2D eigenvalue weighted by Gasteiger charge is 2.16. The van der Waals surface area contributed by atoms with Crippen LogP contribution < -0.4 is 14.8 Å². The molecule has 0 radical (unpaired) electrons. The second-order valence-electron chi connectivity index (χ2n) is 5.40. The van der Waals surface area contributed by atoms with Crippen LogP contribution in [0.15, 0.2) is 42.5 Å². The van der Waals surface area contributed by atoms with Crippen LogP contribution >= 0.6 is 0 Å². The molecule has 0 aromatic heterocycles. The molecule has 4 heteroatoms. The second-order valence-corrected chi connectivity index (χ2v) is 5.40. The van der Waals surface area contributed by atoms with E-state index in [1.807, 2.05) is 63.2 Å². The van der Waals surface area contributed by atoms with Crippen LogP contribution in [-0.2, 0) is 4.79 Å². The maximum atomic E-state index is 12.3. The number of aryl methyl sites for hydroxylation is 1. The molecule has 0 saturated carbocycles. The van der Waals surface area contributed by atoms with Gasteiger partial charge in [0, 0.05) is 5.69 Å². The SMILES string of the molecule is CCOc1ccc(NC(=O)[C@@H](C)Oc2cccc(C)c2C)cc1. The molecule has 1 N–H and O–H groups in total. The zero-order chi connectivity index (χ0) is 16.8. The number of benzene rings is 2. The van der Waals surface area contributed by atoms with Gasteiger partial charge in [-0.05, 0) is 69.2 Å². The molecule has 0 unspecified atom stereocenters. The molecule has 0 heterocycles. The monoisotopic (exact) mass is 313 g/mol. The lowest BCUT2D eigenvalue weighted by atomic mass is 10.1. The molecular weight excluding hydrogens is 290 g/mol. The van der Waals surface area contributed by atoms with Gasteiger partial charge in [0.1, 0.15) is 11.5 Å². The lowest BCUT2D eigenvalue weighted by Crippen LogP contribution is -2.30. The van der Waals surface area contributed by atoms with Crippen molar-refractivity contribution < 1.29 is 14.3 Å². The molecule has 1 atom stereocenters. The Balaban J connectivity index is 1.98. The first-order valence-electron chi connectivity index (χ1n) is 7.78. The van der Waals surface area contributed by atoms with E-state index in [1.54, 1.807) is 6.92 Å². The van der Waals surface area contributed by atoms with Crippen LogP contribution in [0.3, 0.4) is 0 Å². The van der Waals surface area contributed by atoms with E-state index in [0.29, 0.717) is 6.61 Å². The Morgan fingerprint density at radius 1 is 1.13 bits per heavy atom. The summed E-state index contributed by atoms with van der Waals surface area (Å²) >= 11 is 0. The molecule has 0 saturated heterocycles. The highest BCUT2D eigenvalue weighted by Crippen LogP contribution is 2.22. The Morgan fingerprint density at radius 2 is 1.83 bits per heavy atom. The number of anilines is 1. The van der Waals surface area contributed by atoms with E-state index < -0.39 is 6.10 Å². The van der Waals surface area contributed by atoms with Crippen LogP contribution in [0.4, 0.5) is 5.69 Å². The number of carbonyl (C=O) groups is 1. The molecule has 4 nitrogen and oxygen atoms in total. The summed E-state index contributed by atoms with van der Waals surface area (Å²) in [5.41, 5.74) is 2.91. The van der Waals surface area contributed by atoms with Crippen molar-refractivity contribution in [2.75, 3.05) is 11.9 Å². The zero-order valence-corrected chi connectivity index (χ0v) is 14.1. The first-order chi connectivity index (χ1) is 11.0. The average molecular weight is 313 g/mol. The predicted molar refractivity (Wildman–Crippen MR) is 92.2 cm³/mol. The average Bonchev–Trinajstić information content (AvgIpc) is 2.54. The Kier molecular flexibility index (Phi) is 5.63. The van der Waals surface area contributed by atoms with Gasteiger partial charge in [-0.25, -0.2) is 0 Å². The maximum absolute atomic E-state index is 12.3. The van der Waals surface area contributed by atoms with Crippen LogP contribution in [0.2, 0.25) is 0 Å². The quantitative estimate of drug-likeness (QED) is 0.873. The van der Waals surface area contributed by atoms with Crippen LogP contribution in [0.25, 0.3) is 0 Å². The molecule has 0 aliphatic heterocycles. The molecule has 0 spiro atoms. The second kappa shape index (κ2) is 7.68. The topological polar surface area (TPSA) is 47.6 Å². The Bertz CT molecular complexity index is 665. The fourth-order valence-electron chi connectivity index (χ4n) is 2.14. The van der Waals surface area contributed by atoms with Gasteiger partial charge in [-0.1, -0.05) is 12.1 Å². The Morgan fingerprint density at radius 3 is 2.48 bits per heavy atom. The third kappa shape index (κ3) is 4.49. The number of amides is 1. The van der Waals surface area contributed by atoms with Crippen molar-refractivity contribution in [2.45, 2.75) is 33.8 Å². The van der Waals surface area contributed by atoms with Crippen LogP contribution in [0.1, 0.15) is 25.0 Å². The number of nitrogens with one attached hydrogen (secondary N) is 1. The summed E-state index contributed by atoms with van der Waals surface area (Å²) in [7, 11) is 0. The standard InChI is InChI=1S/C19H23NO3/c1-5-22-17-11-9-16(10-12-17)20-19(21)15(4)23-18-8-6-7-13(2)14(18)3/h6-12,15H,5H2,1-4H3,(H,20,21)/t15-/m1/s1. The summed E-state index contributed by atoms with van der Waals surface area (Å²) < 4.78 is 11.2. The number of ether oxygens (including phenoxy) is 2. The lowest BCUT2D eigenvalue weighted by Gasteiger charge is -2.17. The van der Waals surface area contributed by atoms with Gasteiger partial charge in [0.25, 0.3) is 5.91 Å². The van der Waals surface area contributed by atoms with Crippen molar-refractivity contribution in [2.24, 2.45) is 0 Å². The number of hydrogen-bond acceptors (Lipinski definition) is 3. The minimum Gasteiger partial charge on any atom is -0.494 e. The van der Waals surface area contributed by atoms with Crippen molar-refractivity contribution in [3.8, 4) is 11.5 Å². The van der Waals surface area contributed by atoms with E-state index in [9.17, 15) is 4.79 Å². The first-order valence-corrected chi connectivity index (χ1v) is 7.78. The fraction of sp³-hybridized carbons (Fsp3) is 0.316. The number of rotatable bonds is 6. The summed E-state index contributed by atoms with van der Waals surface area (Å²) in [6, 6.07) is 13.1. The van der Waals surface area contributed by atoms with Crippen molar-refractivity contribution >= 4 is 11.6 Å². The summed E-state index contributed by atoms with van der Waals surface area (Å²) in [4.78, 5) is 12.3. The van der Waals surface area contributed by atoms with Gasteiger partial charge in [0.2, 0.25) is 0 Å². The first kappa shape index (κ1) is 16.9. The summed E-state index contributed by atoms with van der Waals surface area (Å²) in [5.74, 6) is 1.33. The van der Waals surface area contributed by atoms with Crippen molar-refractivity contribution in [1.82, 2.24) is 0 Å². The van der Waals surface area contributed by atoms with Crippen LogP contribution in [0, 0.1) is 13.8 Å². The van der Waals surface area contributed by atoms with Gasteiger partial charge >= 0.3 is 0 Å². The molecule has 122 valence electrons. The Hall–Kier alpha value is -2.49. The van der Waals surface area contributed by atoms with Crippen molar-refractivity contribution in [3.63, 3.8) is 0 Å². The molecule has 1 amide bonds. The maximum Gasteiger partial charge on any atom is 0.265 e. The third-order valence-corrected chi connectivity index (χ3v) is 3.66. The predicted octanol–water partition coefficient (Wildman–Crippen LogP) is 4.11. The van der Waals surface area contributed by atoms with Crippen LogP contribution in [0.5, 0.6) is 11.5 Å². The summed E-state index contributed by atoms with van der Waals surface area (Å²) in [5, 5.41) is 2.85. The smallest absolute Gasteiger partial charge is 0.265 e. The molecule has 2 aromatic rings. The van der Waals surface area contributed by atoms with E-state index in [2.05, 4.69) is 5.32 Å². The molecule has 0 aliphatic carbocycles. The van der Waals surface area contributed by atoms with Gasteiger partial charge in [-0.3, -0.25) is 4.79 Å². The normalized spacial score (nSPS) is 11.7. The molecule has 0 bridgehead atoms. The third-order valence-electron chi connectivity index (χ3n) is 3.66. The van der Waals surface area contributed by atoms with Crippen LogP contribution in [-0.4, -0.2) is 18.6 Å². The van der Waals surface area contributed by atoms with E-state index in [-0.39, 0.29) is 5.91 Å². The van der Waals surface area contributed by atoms with E-state index >= 15 is 0 Å². The fourth-order valence-corrected chi connectivity index (χ4v) is 2.14. The highest BCUT2D eigenvalue weighted by molar-refractivity contribution is 5.94. The van der Waals surface area contributed by atoms with Crippen molar-refractivity contribution in [3.05, 3.63) is 53.6 Å². The number of carbonyl (C=O) groups excluding carboxylic acids is 1. The molecule has 0 fully saturated rings. The zero-order valence-electron chi connectivity index (χ0n) is 14.1. The van der Waals surface area contributed by atoms with E-state index in [1.165, 1.54) is 0 Å².